The van der Waals surface area contributed by atoms with E-state index in [-0.39, 0.29) is 24.2 Å². The zero-order valence-corrected chi connectivity index (χ0v) is 13.2. The first kappa shape index (κ1) is 16.2. The van der Waals surface area contributed by atoms with Crippen LogP contribution in [0.25, 0.3) is 0 Å². The fourth-order valence-electron chi connectivity index (χ4n) is 1.78. The molecule has 0 fully saturated rings. The van der Waals surface area contributed by atoms with Crippen molar-refractivity contribution in [1.82, 2.24) is 10.5 Å². The minimum absolute atomic E-state index is 0.0852. The Balaban J connectivity index is 1.82. The van der Waals surface area contributed by atoms with Gasteiger partial charge in [-0.2, -0.15) is 0 Å². The molecule has 0 aliphatic rings. The highest BCUT2D eigenvalue weighted by Gasteiger charge is 2.16. The molecule has 1 heterocycles. The van der Waals surface area contributed by atoms with Crippen molar-refractivity contribution in [2.45, 2.75) is 40.0 Å². The van der Waals surface area contributed by atoms with E-state index >= 15 is 0 Å². The summed E-state index contributed by atoms with van der Waals surface area (Å²) < 4.78 is 10.7. The van der Waals surface area contributed by atoms with Gasteiger partial charge in [0.25, 0.3) is 5.91 Å². The zero-order chi connectivity index (χ0) is 15.9. The van der Waals surface area contributed by atoms with Crippen molar-refractivity contribution >= 4 is 5.91 Å². The second-order valence-corrected chi connectivity index (χ2v) is 5.66. The smallest absolute Gasteiger partial charge is 0.273 e. The average Bonchev–Trinajstić information content (AvgIpc) is 2.97. The molecule has 0 spiro atoms. The van der Waals surface area contributed by atoms with Gasteiger partial charge < -0.3 is 14.6 Å². The van der Waals surface area contributed by atoms with E-state index < -0.39 is 0 Å². The van der Waals surface area contributed by atoms with Gasteiger partial charge in [-0.3, -0.25) is 4.79 Å². The Kier molecular flexibility index (Phi) is 5.72. The fourth-order valence-corrected chi connectivity index (χ4v) is 1.78. The molecule has 1 amide bonds. The molecule has 0 bridgehead atoms. The van der Waals surface area contributed by atoms with E-state index in [2.05, 4.69) is 24.3 Å². The number of benzene rings is 1. The Morgan fingerprint density at radius 2 is 1.95 bits per heavy atom. The van der Waals surface area contributed by atoms with Crippen molar-refractivity contribution in [3.63, 3.8) is 0 Å². The highest BCUT2D eigenvalue weighted by Crippen LogP contribution is 2.09. The monoisotopic (exact) mass is 302 g/mol. The van der Waals surface area contributed by atoms with Gasteiger partial charge in [-0.25, -0.2) is 0 Å². The first-order chi connectivity index (χ1) is 10.6. The van der Waals surface area contributed by atoms with E-state index in [1.807, 2.05) is 37.3 Å². The van der Waals surface area contributed by atoms with Crippen LogP contribution in [-0.2, 0) is 18.0 Å². The van der Waals surface area contributed by atoms with Crippen LogP contribution >= 0.6 is 0 Å². The van der Waals surface area contributed by atoms with Gasteiger partial charge in [0.15, 0.2) is 11.5 Å². The maximum absolute atomic E-state index is 12.0. The number of rotatable bonds is 7. The summed E-state index contributed by atoms with van der Waals surface area (Å²) >= 11 is 0. The number of aromatic nitrogens is 1. The van der Waals surface area contributed by atoms with Crippen LogP contribution in [-0.4, -0.2) is 17.1 Å². The first-order valence-electron chi connectivity index (χ1n) is 7.44. The maximum Gasteiger partial charge on any atom is 0.273 e. The predicted octanol–water partition coefficient (Wildman–Crippen LogP) is 3.17. The van der Waals surface area contributed by atoms with Crippen LogP contribution in [0.1, 0.15) is 42.6 Å². The molecule has 0 saturated carbocycles. The summed E-state index contributed by atoms with van der Waals surface area (Å²) in [5, 5.41) is 6.68. The molecule has 5 nitrogen and oxygen atoms in total. The van der Waals surface area contributed by atoms with Crippen LogP contribution in [0.4, 0.5) is 0 Å². The minimum atomic E-state index is -0.223. The summed E-state index contributed by atoms with van der Waals surface area (Å²) in [5.74, 6) is 0.682. The van der Waals surface area contributed by atoms with E-state index in [0.29, 0.717) is 18.3 Å². The standard InChI is InChI=1S/C17H22N2O3/c1-12(2)13(3)18-17(20)16-9-15(22-19-16)11-21-10-14-7-5-4-6-8-14/h4-9,12-13H,10-11H2,1-3H3,(H,18,20). The highest BCUT2D eigenvalue weighted by molar-refractivity contribution is 5.92. The number of nitrogens with one attached hydrogen (secondary N) is 1. The Bertz CT molecular complexity index is 593. The summed E-state index contributed by atoms with van der Waals surface area (Å²) in [7, 11) is 0. The molecule has 5 heteroatoms. The molecule has 2 aromatic rings. The molecule has 1 N–H and O–H groups in total. The second kappa shape index (κ2) is 7.75. The molecule has 0 saturated heterocycles. The van der Waals surface area contributed by atoms with E-state index in [9.17, 15) is 4.79 Å². The third kappa shape index (κ3) is 4.70. The van der Waals surface area contributed by atoms with Crippen molar-refractivity contribution < 1.29 is 14.1 Å². The lowest BCUT2D eigenvalue weighted by molar-refractivity contribution is 0.0875. The van der Waals surface area contributed by atoms with E-state index in [0.717, 1.165) is 5.56 Å². The van der Waals surface area contributed by atoms with Crippen LogP contribution in [0, 0.1) is 5.92 Å². The van der Waals surface area contributed by atoms with Crippen molar-refractivity contribution in [2.75, 3.05) is 0 Å². The van der Waals surface area contributed by atoms with Crippen molar-refractivity contribution in [3.05, 3.63) is 53.4 Å². The van der Waals surface area contributed by atoms with E-state index in [4.69, 9.17) is 9.26 Å². The van der Waals surface area contributed by atoms with Crippen LogP contribution in [0.2, 0.25) is 0 Å². The van der Waals surface area contributed by atoms with Gasteiger partial charge in [0.1, 0.15) is 6.61 Å². The van der Waals surface area contributed by atoms with Gasteiger partial charge in [-0.05, 0) is 18.4 Å². The number of ether oxygens (including phenoxy) is 1. The van der Waals surface area contributed by atoms with Gasteiger partial charge in [0.05, 0.1) is 6.61 Å². The van der Waals surface area contributed by atoms with Gasteiger partial charge in [0, 0.05) is 12.1 Å². The number of nitrogens with zero attached hydrogens (tertiary/aromatic N) is 1. The highest BCUT2D eigenvalue weighted by atomic mass is 16.5. The normalized spacial score (nSPS) is 12.4. The van der Waals surface area contributed by atoms with Gasteiger partial charge in [-0.1, -0.05) is 49.3 Å². The number of hydrogen-bond donors (Lipinski definition) is 1. The zero-order valence-electron chi connectivity index (χ0n) is 13.2. The quantitative estimate of drug-likeness (QED) is 0.853. The Morgan fingerprint density at radius 3 is 2.64 bits per heavy atom. The Labute approximate surface area is 130 Å². The summed E-state index contributed by atoms with van der Waals surface area (Å²) in [6.45, 7) is 6.85. The molecule has 2 rings (SSSR count). The lowest BCUT2D eigenvalue weighted by Crippen LogP contribution is -2.36. The van der Waals surface area contributed by atoms with Crippen LogP contribution in [0.3, 0.4) is 0 Å². The van der Waals surface area contributed by atoms with Crippen LogP contribution in [0.15, 0.2) is 40.9 Å². The predicted molar refractivity (Wildman–Crippen MR) is 83.2 cm³/mol. The van der Waals surface area contributed by atoms with Crippen molar-refractivity contribution in [2.24, 2.45) is 5.92 Å². The second-order valence-electron chi connectivity index (χ2n) is 5.66. The lowest BCUT2D eigenvalue weighted by Gasteiger charge is -2.16. The van der Waals surface area contributed by atoms with Gasteiger partial charge in [-0.15, -0.1) is 0 Å². The molecule has 0 aliphatic carbocycles. The fraction of sp³-hybridized carbons (Fsp3) is 0.412. The molecule has 1 aromatic heterocycles. The Hall–Kier alpha value is -2.14. The maximum atomic E-state index is 12.0. The van der Waals surface area contributed by atoms with Crippen LogP contribution < -0.4 is 5.32 Å². The molecule has 118 valence electrons. The number of hydrogen-bond acceptors (Lipinski definition) is 4. The summed E-state index contributed by atoms with van der Waals surface area (Å²) in [6, 6.07) is 11.6. The number of amides is 1. The van der Waals surface area contributed by atoms with E-state index in [1.54, 1.807) is 6.07 Å². The molecule has 1 aromatic carbocycles. The SMILES string of the molecule is CC(C)C(C)NC(=O)c1cc(COCc2ccccc2)on1. The van der Waals surface area contributed by atoms with Crippen molar-refractivity contribution in [3.8, 4) is 0 Å². The third-order valence-corrected chi connectivity index (χ3v) is 3.51. The van der Waals surface area contributed by atoms with Crippen LogP contribution in [0.5, 0.6) is 0 Å². The third-order valence-electron chi connectivity index (χ3n) is 3.51. The van der Waals surface area contributed by atoms with Gasteiger partial charge in [0.2, 0.25) is 0 Å². The summed E-state index contributed by atoms with van der Waals surface area (Å²) in [6.07, 6.45) is 0. The minimum Gasteiger partial charge on any atom is -0.369 e. The molecule has 1 atom stereocenters. The topological polar surface area (TPSA) is 64.4 Å². The largest absolute Gasteiger partial charge is 0.369 e. The first-order valence-corrected chi connectivity index (χ1v) is 7.44. The van der Waals surface area contributed by atoms with Gasteiger partial charge >= 0.3 is 0 Å². The molecule has 0 radical (unpaired) electrons. The molecular formula is C17H22N2O3. The Morgan fingerprint density at radius 1 is 1.23 bits per heavy atom. The molecule has 0 aliphatic heterocycles. The van der Waals surface area contributed by atoms with E-state index in [1.165, 1.54) is 0 Å². The number of carbonyl (C=O) groups is 1. The lowest BCUT2D eigenvalue weighted by atomic mass is 10.1. The number of carbonyl (C=O) groups excluding carboxylic acids is 1. The molecule has 22 heavy (non-hydrogen) atoms. The van der Waals surface area contributed by atoms with Crippen molar-refractivity contribution in [1.29, 1.82) is 0 Å². The summed E-state index contributed by atoms with van der Waals surface area (Å²) in [5.41, 5.74) is 1.37. The molecule has 1 unspecified atom stereocenters. The summed E-state index contributed by atoms with van der Waals surface area (Å²) in [4.78, 5) is 12.0. The molecular weight excluding hydrogens is 280 g/mol. The average molecular weight is 302 g/mol.